The molecule has 98 valence electrons. The molecular weight excluding hydrogens is 246 g/mol. The predicted molar refractivity (Wildman–Crippen MR) is 75.2 cm³/mol. The van der Waals surface area contributed by atoms with Gasteiger partial charge < -0.3 is 0 Å². The summed E-state index contributed by atoms with van der Waals surface area (Å²) in [5.74, 6) is 1.55. The van der Waals surface area contributed by atoms with Gasteiger partial charge in [0, 0.05) is 12.1 Å². The summed E-state index contributed by atoms with van der Waals surface area (Å²) >= 11 is 6.05. The van der Waals surface area contributed by atoms with Gasteiger partial charge in [-0.2, -0.15) is 0 Å². The van der Waals surface area contributed by atoms with E-state index in [9.17, 15) is 4.79 Å². The molecule has 1 aliphatic rings. The number of benzene rings is 1. The number of Topliss-reactive ketones (excluding diaryl/α,β-unsaturated/α-hetero) is 1. The van der Waals surface area contributed by atoms with Crippen LogP contribution in [0, 0.1) is 11.8 Å². The van der Waals surface area contributed by atoms with E-state index in [2.05, 4.69) is 18.7 Å². The van der Waals surface area contributed by atoms with Crippen molar-refractivity contribution >= 4 is 17.4 Å². The minimum absolute atomic E-state index is 0.127. The number of carbonyl (C=O) groups is 1. The summed E-state index contributed by atoms with van der Waals surface area (Å²) < 4.78 is 0. The van der Waals surface area contributed by atoms with E-state index in [1.165, 1.54) is 6.42 Å². The fourth-order valence-electron chi connectivity index (χ4n) is 2.47. The van der Waals surface area contributed by atoms with Crippen LogP contribution >= 0.6 is 11.6 Å². The lowest BCUT2D eigenvalue weighted by Gasteiger charge is -2.34. The van der Waals surface area contributed by atoms with Crippen molar-refractivity contribution in [1.29, 1.82) is 0 Å². The normalized spacial score (nSPS) is 25.1. The molecule has 0 saturated carbocycles. The number of likely N-dealkylation sites (tertiary alicyclic amines) is 1. The zero-order valence-electron chi connectivity index (χ0n) is 11.0. The van der Waals surface area contributed by atoms with Crippen LogP contribution < -0.4 is 0 Å². The first-order chi connectivity index (χ1) is 8.58. The Balaban J connectivity index is 1.98. The van der Waals surface area contributed by atoms with Gasteiger partial charge in [0.25, 0.3) is 0 Å². The van der Waals surface area contributed by atoms with Gasteiger partial charge in [-0.1, -0.05) is 37.6 Å². The molecule has 0 aromatic heterocycles. The molecule has 0 aliphatic carbocycles. The Labute approximate surface area is 114 Å². The van der Waals surface area contributed by atoms with Crippen molar-refractivity contribution in [3.05, 3.63) is 34.9 Å². The smallest absolute Gasteiger partial charge is 0.178 e. The SMILES string of the molecule is CC1CCN(CC(=O)c2ccccc2Cl)CC1C. The van der Waals surface area contributed by atoms with Crippen LogP contribution in [0.2, 0.25) is 5.02 Å². The van der Waals surface area contributed by atoms with E-state index in [0.29, 0.717) is 23.0 Å². The van der Waals surface area contributed by atoms with Gasteiger partial charge in [0.15, 0.2) is 5.78 Å². The maximum atomic E-state index is 12.2. The lowest BCUT2D eigenvalue weighted by molar-refractivity contribution is 0.0849. The first-order valence-electron chi connectivity index (χ1n) is 6.58. The lowest BCUT2D eigenvalue weighted by Crippen LogP contribution is -2.41. The van der Waals surface area contributed by atoms with E-state index < -0.39 is 0 Å². The van der Waals surface area contributed by atoms with Crippen molar-refractivity contribution in [3.8, 4) is 0 Å². The Bertz CT molecular complexity index is 432. The maximum absolute atomic E-state index is 12.2. The highest BCUT2D eigenvalue weighted by atomic mass is 35.5. The summed E-state index contributed by atoms with van der Waals surface area (Å²) in [5.41, 5.74) is 0.644. The molecule has 2 unspecified atom stereocenters. The second-order valence-corrected chi connectivity index (χ2v) is 5.79. The Hall–Kier alpha value is -0.860. The van der Waals surface area contributed by atoms with Crippen LogP contribution in [-0.2, 0) is 0 Å². The van der Waals surface area contributed by atoms with Crippen LogP contribution in [0.3, 0.4) is 0 Å². The van der Waals surface area contributed by atoms with Crippen LogP contribution in [0.15, 0.2) is 24.3 Å². The molecule has 2 nitrogen and oxygen atoms in total. The first kappa shape index (κ1) is 13.6. The fraction of sp³-hybridized carbons (Fsp3) is 0.533. The highest BCUT2D eigenvalue weighted by Gasteiger charge is 2.24. The molecule has 0 N–H and O–H groups in total. The van der Waals surface area contributed by atoms with Gasteiger partial charge in [-0.3, -0.25) is 9.69 Å². The van der Waals surface area contributed by atoms with Crippen LogP contribution in [0.1, 0.15) is 30.6 Å². The first-order valence-corrected chi connectivity index (χ1v) is 6.96. The summed E-state index contributed by atoms with van der Waals surface area (Å²) in [6, 6.07) is 7.29. The molecule has 1 aliphatic heterocycles. The lowest BCUT2D eigenvalue weighted by atomic mass is 9.88. The van der Waals surface area contributed by atoms with Crippen LogP contribution in [-0.4, -0.2) is 30.3 Å². The molecule has 1 fully saturated rings. The number of ketones is 1. The minimum Gasteiger partial charge on any atom is -0.296 e. The third kappa shape index (κ3) is 3.12. The molecule has 0 bridgehead atoms. The number of hydrogen-bond donors (Lipinski definition) is 0. The summed E-state index contributed by atoms with van der Waals surface area (Å²) in [7, 11) is 0. The minimum atomic E-state index is 0.127. The third-order valence-electron chi connectivity index (χ3n) is 3.96. The molecule has 1 aromatic rings. The van der Waals surface area contributed by atoms with Gasteiger partial charge >= 0.3 is 0 Å². The van der Waals surface area contributed by atoms with Gasteiger partial charge in [0.05, 0.1) is 11.6 Å². The Morgan fingerprint density at radius 2 is 2.06 bits per heavy atom. The fourth-order valence-corrected chi connectivity index (χ4v) is 2.71. The summed E-state index contributed by atoms with van der Waals surface area (Å²) in [6.07, 6.45) is 1.18. The number of piperidine rings is 1. The van der Waals surface area contributed by atoms with Gasteiger partial charge in [-0.15, -0.1) is 0 Å². The number of hydrogen-bond acceptors (Lipinski definition) is 2. The summed E-state index contributed by atoms with van der Waals surface area (Å²) in [5, 5.41) is 0.556. The van der Waals surface area contributed by atoms with Crippen LogP contribution in [0.4, 0.5) is 0 Å². The zero-order chi connectivity index (χ0) is 13.1. The van der Waals surface area contributed by atoms with Crippen molar-refractivity contribution < 1.29 is 4.79 Å². The van der Waals surface area contributed by atoms with Crippen molar-refractivity contribution in [2.45, 2.75) is 20.3 Å². The maximum Gasteiger partial charge on any atom is 0.178 e. The van der Waals surface area contributed by atoms with Crippen LogP contribution in [0.25, 0.3) is 0 Å². The van der Waals surface area contributed by atoms with Crippen molar-refractivity contribution in [2.24, 2.45) is 11.8 Å². The van der Waals surface area contributed by atoms with E-state index in [1.54, 1.807) is 12.1 Å². The topological polar surface area (TPSA) is 20.3 Å². The average Bonchev–Trinajstić information content (AvgIpc) is 2.34. The molecule has 18 heavy (non-hydrogen) atoms. The van der Waals surface area contributed by atoms with Gasteiger partial charge in [-0.25, -0.2) is 0 Å². The standard InChI is InChI=1S/C15H20ClNO/c1-11-7-8-17(9-12(11)2)10-15(18)13-5-3-4-6-14(13)16/h3-6,11-12H,7-10H2,1-2H3. The Morgan fingerprint density at radius 1 is 1.33 bits per heavy atom. The van der Waals surface area contributed by atoms with E-state index in [0.717, 1.165) is 19.0 Å². The molecular formula is C15H20ClNO. The zero-order valence-corrected chi connectivity index (χ0v) is 11.8. The molecule has 1 saturated heterocycles. The second-order valence-electron chi connectivity index (χ2n) is 5.38. The largest absolute Gasteiger partial charge is 0.296 e. The molecule has 0 amide bonds. The van der Waals surface area contributed by atoms with E-state index in [-0.39, 0.29) is 5.78 Å². The monoisotopic (exact) mass is 265 g/mol. The summed E-state index contributed by atoms with van der Waals surface area (Å²) in [6.45, 7) is 7.06. The molecule has 1 heterocycles. The van der Waals surface area contributed by atoms with Crippen LogP contribution in [0.5, 0.6) is 0 Å². The molecule has 2 atom stereocenters. The molecule has 3 heteroatoms. The summed E-state index contributed by atoms with van der Waals surface area (Å²) in [4.78, 5) is 14.4. The van der Waals surface area contributed by atoms with E-state index >= 15 is 0 Å². The quantitative estimate of drug-likeness (QED) is 0.780. The van der Waals surface area contributed by atoms with Gasteiger partial charge in [0.1, 0.15) is 0 Å². The Kier molecular flexibility index (Phi) is 4.41. The van der Waals surface area contributed by atoms with Crippen molar-refractivity contribution in [3.63, 3.8) is 0 Å². The second kappa shape index (κ2) is 5.85. The number of halogens is 1. The van der Waals surface area contributed by atoms with Gasteiger partial charge in [0.2, 0.25) is 0 Å². The van der Waals surface area contributed by atoms with E-state index in [4.69, 9.17) is 11.6 Å². The Morgan fingerprint density at radius 3 is 2.72 bits per heavy atom. The number of nitrogens with zero attached hydrogens (tertiary/aromatic N) is 1. The van der Waals surface area contributed by atoms with Crippen molar-refractivity contribution in [2.75, 3.05) is 19.6 Å². The number of carbonyl (C=O) groups excluding carboxylic acids is 1. The van der Waals surface area contributed by atoms with E-state index in [1.807, 2.05) is 12.1 Å². The molecule has 0 spiro atoms. The highest BCUT2D eigenvalue weighted by Crippen LogP contribution is 2.23. The molecule has 0 radical (unpaired) electrons. The highest BCUT2D eigenvalue weighted by molar-refractivity contribution is 6.34. The third-order valence-corrected chi connectivity index (χ3v) is 4.29. The van der Waals surface area contributed by atoms with Gasteiger partial charge in [-0.05, 0) is 36.9 Å². The molecule has 1 aromatic carbocycles. The van der Waals surface area contributed by atoms with Crippen molar-refractivity contribution in [1.82, 2.24) is 4.90 Å². The average molecular weight is 266 g/mol. The predicted octanol–water partition coefficient (Wildman–Crippen LogP) is 3.50. The number of rotatable bonds is 3. The molecule has 2 rings (SSSR count).